The van der Waals surface area contributed by atoms with Gasteiger partial charge in [0.25, 0.3) is 0 Å². The van der Waals surface area contributed by atoms with Crippen LogP contribution >= 0.6 is 0 Å². The van der Waals surface area contributed by atoms with Gasteiger partial charge in [-0.1, -0.05) is 6.92 Å². The van der Waals surface area contributed by atoms with E-state index in [1.807, 2.05) is 0 Å². The van der Waals surface area contributed by atoms with Crippen molar-refractivity contribution in [3.8, 4) is 0 Å². The largest absolute Gasteiger partial charge is 0.468 e. The molecule has 1 aliphatic rings. The van der Waals surface area contributed by atoms with Crippen LogP contribution in [0.2, 0.25) is 0 Å². The molecule has 0 saturated carbocycles. The minimum absolute atomic E-state index is 0.832. The molecule has 0 aliphatic carbocycles. The minimum Gasteiger partial charge on any atom is -0.468 e. The molecule has 1 aromatic heterocycles. The first-order valence-corrected chi connectivity index (χ1v) is 7.46. The molecule has 1 aliphatic heterocycles. The highest BCUT2D eigenvalue weighted by molar-refractivity contribution is 5.16. The number of rotatable bonds is 8. The first-order valence-electron chi connectivity index (χ1n) is 7.46. The Morgan fingerprint density at radius 3 is 2.89 bits per heavy atom. The second kappa shape index (κ2) is 7.68. The molecule has 0 spiro atoms. The maximum atomic E-state index is 5.55. The monoisotopic (exact) mass is 265 g/mol. The van der Waals surface area contributed by atoms with Crippen molar-refractivity contribution in [1.82, 2.24) is 15.1 Å². The lowest BCUT2D eigenvalue weighted by atomic mass is 10.2. The van der Waals surface area contributed by atoms with Crippen molar-refractivity contribution in [2.24, 2.45) is 0 Å². The van der Waals surface area contributed by atoms with Gasteiger partial charge in [0.1, 0.15) is 5.76 Å². The van der Waals surface area contributed by atoms with Crippen LogP contribution in [0.5, 0.6) is 0 Å². The van der Waals surface area contributed by atoms with Gasteiger partial charge >= 0.3 is 0 Å². The number of likely N-dealkylation sites (tertiary alicyclic amines) is 1. The standard InChI is InChI=1S/C15H27N3O/c1-3-16-12-15-14(6-11-19-15)13-17(2)9-10-18-7-4-5-8-18/h6,11,16H,3-5,7-10,12-13H2,1-2H3. The van der Waals surface area contributed by atoms with Gasteiger partial charge < -0.3 is 19.5 Å². The summed E-state index contributed by atoms with van der Waals surface area (Å²) in [7, 11) is 2.19. The molecule has 1 fully saturated rings. The Hall–Kier alpha value is -0.840. The van der Waals surface area contributed by atoms with Crippen LogP contribution in [0, 0.1) is 0 Å². The van der Waals surface area contributed by atoms with E-state index in [0.717, 1.165) is 31.9 Å². The van der Waals surface area contributed by atoms with Crippen molar-refractivity contribution in [2.45, 2.75) is 32.9 Å². The average Bonchev–Trinajstić information content (AvgIpc) is 3.05. The SMILES string of the molecule is CCNCc1occc1CN(C)CCN1CCCC1. The molecule has 1 saturated heterocycles. The normalized spacial score (nSPS) is 16.6. The van der Waals surface area contributed by atoms with Crippen LogP contribution in [0.25, 0.3) is 0 Å². The van der Waals surface area contributed by atoms with Crippen molar-refractivity contribution >= 4 is 0 Å². The van der Waals surface area contributed by atoms with Crippen molar-refractivity contribution in [2.75, 3.05) is 39.8 Å². The first kappa shape index (κ1) is 14.6. The third kappa shape index (κ3) is 4.64. The van der Waals surface area contributed by atoms with Gasteiger partial charge in [-0.3, -0.25) is 0 Å². The summed E-state index contributed by atoms with van der Waals surface area (Å²) in [6.07, 6.45) is 4.55. The zero-order chi connectivity index (χ0) is 13.5. The van der Waals surface area contributed by atoms with Crippen LogP contribution in [-0.4, -0.2) is 49.6 Å². The van der Waals surface area contributed by atoms with Crippen LogP contribution in [0.4, 0.5) is 0 Å². The van der Waals surface area contributed by atoms with E-state index in [9.17, 15) is 0 Å². The third-order valence-corrected chi connectivity index (χ3v) is 3.81. The molecule has 2 rings (SSSR count). The Kier molecular flexibility index (Phi) is 5.89. The summed E-state index contributed by atoms with van der Waals surface area (Å²) in [4.78, 5) is 4.95. The number of furan rings is 1. The predicted octanol–water partition coefficient (Wildman–Crippen LogP) is 1.92. The fraction of sp³-hybridized carbons (Fsp3) is 0.733. The molecule has 4 nitrogen and oxygen atoms in total. The van der Waals surface area contributed by atoms with Gasteiger partial charge in [-0.15, -0.1) is 0 Å². The molecule has 1 aromatic rings. The lowest BCUT2D eigenvalue weighted by Gasteiger charge is -2.21. The Bertz CT molecular complexity index is 358. The molecule has 2 heterocycles. The van der Waals surface area contributed by atoms with Gasteiger partial charge in [-0.25, -0.2) is 0 Å². The third-order valence-electron chi connectivity index (χ3n) is 3.81. The Balaban J connectivity index is 1.74. The maximum absolute atomic E-state index is 5.55. The van der Waals surface area contributed by atoms with Gasteiger partial charge in [0, 0.05) is 25.2 Å². The van der Waals surface area contributed by atoms with E-state index in [2.05, 4.69) is 35.2 Å². The molecule has 0 amide bonds. The summed E-state index contributed by atoms with van der Waals surface area (Å²) in [5, 5.41) is 3.32. The van der Waals surface area contributed by atoms with Crippen molar-refractivity contribution in [3.63, 3.8) is 0 Å². The van der Waals surface area contributed by atoms with Crippen LogP contribution < -0.4 is 5.32 Å². The maximum Gasteiger partial charge on any atom is 0.122 e. The molecule has 108 valence electrons. The summed E-state index contributed by atoms with van der Waals surface area (Å²) in [5.74, 6) is 1.08. The van der Waals surface area contributed by atoms with Crippen molar-refractivity contribution < 1.29 is 4.42 Å². The summed E-state index contributed by atoms with van der Waals surface area (Å²) >= 11 is 0. The molecule has 1 N–H and O–H groups in total. The second-order valence-electron chi connectivity index (χ2n) is 5.44. The highest BCUT2D eigenvalue weighted by Gasteiger charge is 2.13. The van der Waals surface area contributed by atoms with E-state index in [0.29, 0.717) is 0 Å². The molecular formula is C15H27N3O. The molecule has 0 atom stereocenters. The second-order valence-corrected chi connectivity index (χ2v) is 5.44. The Morgan fingerprint density at radius 1 is 1.37 bits per heavy atom. The van der Waals surface area contributed by atoms with Gasteiger partial charge in [0.05, 0.1) is 12.8 Å². The average molecular weight is 265 g/mol. The van der Waals surface area contributed by atoms with Crippen LogP contribution in [0.1, 0.15) is 31.1 Å². The van der Waals surface area contributed by atoms with Crippen molar-refractivity contribution in [3.05, 3.63) is 23.7 Å². The number of likely N-dealkylation sites (N-methyl/N-ethyl adjacent to an activating group) is 1. The number of hydrogen-bond donors (Lipinski definition) is 1. The molecular weight excluding hydrogens is 238 g/mol. The summed E-state index contributed by atoms with van der Waals surface area (Å²) in [6.45, 7) is 9.79. The van der Waals surface area contributed by atoms with E-state index < -0.39 is 0 Å². The fourth-order valence-electron chi connectivity index (χ4n) is 2.59. The van der Waals surface area contributed by atoms with E-state index in [1.165, 1.54) is 38.0 Å². The Labute approximate surface area is 116 Å². The number of nitrogens with zero attached hydrogens (tertiary/aromatic N) is 2. The predicted molar refractivity (Wildman–Crippen MR) is 78.1 cm³/mol. The van der Waals surface area contributed by atoms with E-state index in [1.54, 1.807) is 6.26 Å². The molecule has 0 aromatic carbocycles. The lowest BCUT2D eigenvalue weighted by Crippen LogP contribution is -2.31. The van der Waals surface area contributed by atoms with Gasteiger partial charge in [-0.2, -0.15) is 0 Å². The quantitative estimate of drug-likeness (QED) is 0.778. The minimum atomic E-state index is 0.832. The zero-order valence-corrected chi connectivity index (χ0v) is 12.3. The van der Waals surface area contributed by atoms with E-state index in [-0.39, 0.29) is 0 Å². The lowest BCUT2D eigenvalue weighted by molar-refractivity contribution is 0.251. The molecule has 0 radical (unpaired) electrons. The van der Waals surface area contributed by atoms with E-state index >= 15 is 0 Å². The van der Waals surface area contributed by atoms with Crippen LogP contribution in [0.15, 0.2) is 16.7 Å². The fourth-order valence-corrected chi connectivity index (χ4v) is 2.59. The summed E-state index contributed by atoms with van der Waals surface area (Å²) in [5.41, 5.74) is 1.31. The molecule has 0 unspecified atom stereocenters. The zero-order valence-electron chi connectivity index (χ0n) is 12.3. The Morgan fingerprint density at radius 2 is 2.16 bits per heavy atom. The molecule has 19 heavy (non-hydrogen) atoms. The van der Waals surface area contributed by atoms with Crippen molar-refractivity contribution in [1.29, 1.82) is 0 Å². The smallest absolute Gasteiger partial charge is 0.122 e. The summed E-state index contributed by atoms with van der Waals surface area (Å²) in [6, 6.07) is 2.10. The van der Waals surface area contributed by atoms with Gasteiger partial charge in [0.15, 0.2) is 0 Å². The van der Waals surface area contributed by atoms with E-state index in [4.69, 9.17) is 4.42 Å². The van der Waals surface area contributed by atoms with Crippen LogP contribution in [-0.2, 0) is 13.1 Å². The van der Waals surface area contributed by atoms with Gasteiger partial charge in [0.2, 0.25) is 0 Å². The highest BCUT2D eigenvalue weighted by Crippen LogP contribution is 2.13. The first-order chi connectivity index (χ1) is 9.29. The van der Waals surface area contributed by atoms with Gasteiger partial charge in [-0.05, 0) is 45.6 Å². The van der Waals surface area contributed by atoms with Crippen LogP contribution in [0.3, 0.4) is 0 Å². The highest BCUT2D eigenvalue weighted by atomic mass is 16.3. The number of hydrogen-bond acceptors (Lipinski definition) is 4. The summed E-state index contributed by atoms with van der Waals surface area (Å²) < 4.78 is 5.55. The molecule has 0 bridgehead atoms. The number of nitrogens with one attached hydrogen (secondary N) is 1. The molecule has 4 heteroatoms. The topological polar surface area (TPSA) is 31.7 Å².